The lowest BCUT2D eigenvalue weighted by Gasteiger charge is -2.10. The number of amides is 2. The van der Waals surface area contributed by atoms with Crippen LogP contribution < -0.4 is 19.5 Å². The zero-order valence-electron chi connectivity index (χ0n) is 16.0. The zero-order chi connectivity index (χ0) is 21.9. The molecular weight excluding hydrogens is 418 g/mol. The van der Waals surface area contributed by atoms with E-state index in [0.29, 0.717) is 5.52 Å². The number of urea groups is 1. The molecule has 0 bridgehead atoms. The second-order valence-electron chi connectivity index (χ2n) is 5.70. The van der Waals surface area contributed by atoms with Crippen LogP contribution in [0.1, 0.15) is 10.5 Å². The molecule has 0 radical (unpaired) electrons. The third-order valence-electron chi connectivity index (χ3n) is 3.87. The number of aromatic nitrogens is 3. The number of H-pyrrole nitrogens is 1. The van der Waals surface area contributed by atoms with Gasteiger partial charge in [0.2, 0.25) is 17.7 Å². The van der Waals surface area contributed by atoms with Gasteiger partial charge in [-0.3, -0.25) is 5.32 Å². The first-order valence-electron chi connectivity index (χ1n) is 8.29. The average molecular weight is 435 g/mol. The molecule has 1 aromatic carbocycles. The number of rotatable bonds is 6. The smallest absolute Gasteiger partial charge is 0.355 e. The first-order chi connectivity index (χ1) is 14.3. The maximum atomic E-state index is 12.9. The molecular formula is C17H17N5O7S. The van der Waals surface area contributed by atoms with Crippen molar-refractivity contribution in [3.63, 3.8) is 0 Å². The van der Waals surface area contributed by atoms with Crippen LogP contribution in [-0.4, -0.2) is 56.7 Å². The number of methoxy groups -OCH3 is 3. The van der Waals surface area contributed by atoms with Gasteiger partial charge < -0.3 is 19.2 Å². The monoisotopic (exact) mass is 435 g/mol. The molecule has 0 saturated carbocycles. The number of fused-ring (bicyclic) bond motifs is 1. The molecule has 3 aromatic rings. The Kier molecular flexibility index (Phi) is 5.73. The quantitative estimate of drug-likeness (QED) is 0.484. The van der Waals surface area contributed by atoms with Crippen molar-refractivity contribution in [2.45, 2.75) is 4.90 Å². The van der Waals surface area contributed by atoms with Crippen LogP contribution in [0.3, 0.4) is 0 Å². The van der Waals surface area contributed by atoms with Gasteiger partial charge in [-0.2, -0.15) is 9.97 Å². The van der Waals surface area contributed by atoms with Gasteiger partial charge in [0, 0.05) is 10.9 Å². The van der Waals surface area contributed by atoms with Crippen molar-refractivity contribution in [3.8, 4) is 11.8 Å². The summed E-state index contributed by atoms with van der Waals surface area (Å²) in [6.07, 6.45) is 0. The number of aromatic amines is 1. The minimum absolute atomic E-state index is 0.0876. The molecule has 0 atom stereocenters. The molecule has 0 aliphatic carbocycles. The minimum Gasteiger partial charge on any atom is -0.481 e. The summed E-state index contributed by atoms with van der Waals surface area (Å²) in [6.45, 7) is 0. The third kappa shape index (κ3) is 4.10. The summed E-state index contributed by atoms with van der Waals surface area (Å²) in [5.74, 6) is -0.993. The van der Waals surface area contributed by atoms with E-state index >= 15 is 0 Å². The lowest BCUT2D eigenvalue weighted by molar-refractivity contribution is 0.0590. The second-order valence-corrected chi connectivity index (χ2v) is 7.32. The van der Waals surface area contributed by atoms with Crippen molar-refractivity contribution in [2.24, 2.45) is 0 Å². The summed E-state index contributed by atoms with van der Waals surface area (Å²) in [5, 5.41) is 2.39. The Hall–Kier alpha value is -3.87. The number of nitrogens with one attached hydrogen (secondary N) is 3. The molecule has 3 N–H and O–H groups in total. The van der Waals surface area contributed by atoms with Gasteiger partial charge in [0.05, 0.1) is 27.4 Å². The van der Waals surface area contributed by atoms with E-state index in [1.54, 1.807) is 18.2 Å². The molecule has 2 heterocycles. The summed E-state index contributed by atoms with van der Waals surface area (Å²) >= 11 is 0. The highest BCUT2D eigenvalue weighted by Crippen LogP contribution is 2.27. The number of nitrogens with zero attached hydrogens (tertiary/aromatic N) is 2. The minimum atomic E-state index is -4.49. The number of benzene rings is 1. The highest BCUT2D eigenvalue weighted by molar-refractivity contribution is 7.90. The van der Waals surface area contributed by atoms with Gasteiger partial charge >= 0.3 is 12.0 Å². The summed E-state index contributed by atoms with van der Waals surface area (Å²) in [4.78, 5) is 34.4. The van der Waals surface area contributed by atoms with Crippen molar-refractivity contribution in [1.82, 2.24) is 19.7 Å². The van der Waals surface area contributed by atoms with Gasteiger partial charge in [0.25, 0.3) is 10.0 Å². The number of hydrogen-bond donors (Lipinski definition) is 3. The summed E-state index contributed by atoms with van der Waals surface area (Å²) < 4.78 is 42.2. The van der Waals surface area contributed by atoms with Crippen LogP contribution in [-0.2, 0) is 14.8 Å². The molecule has 2 amide bonds. The van der Waals surface area contributed by atoms with E-state index in [1.165, 1.54) is 26.4 Å². The highest BCUT2D eigenvalue weighted by atomic mass is 32.2. The Morgan fingerprint density at radius 3 is 2.27 bits per heavy atom. The van der Waals surface area contributed by atoms with Crippen LogP contribution >= 0.6 is 0 Å². The molecule has 12 nitrogen and oxygen atoms in total. The number of carbonyl (C=O) groups is 2. The number of esters is 1. The molecule has 2 aromatic heterocycles. The van der Waals surface area contributed by atoms with E-state index < -0.39 is 26.9 Å². The Bertz CT molecular complexity index is 1200. The van der Waals surface area contributed by atoms with Crippen molar-refractivity contribution < 1.29 is 32.2 Å². The first kappa shape index (κ1) is 20.9. The number of para-hydroxylation sites is 1. The summed E-state index contributed by atoms with van der Waals surface area (Å²) in [5.41, 5.74) is 0.0536. The van der Waals surface area contributed by atoms with Gasteiger partial charge in [-0.05, 0) is 6.07 Å². The molecule has 0 aliphatic heterocycles. The van der Waals surface area contributed by atoms with Crippen molar-refractivity contribution in [1.29, 1.82) is 0 Å². The molecule has 0 unspecified atom stereocenters. The van der Waals surface area contributed by atoms with Gasteiger partial charge in [-0.15, -0.1) is 0 Å². The van der Waals surface area contributed by atoms with Crippen molar-refractivity contribution >= 4 is 38.9 Å². The number of hydrogen-bond acceptors (Lipinski definition) is 9. The fraction of sp³-hybridized carbons (Fsp3) is 0.176. The third-order valence-corrected chi connectivity index (χ3v) is 5.28. The zero-order valence-corrected chi connectivity index (χ0v) is 16.9. The average Bonchev–Trinajstić information content (AvgIpc) is 3.12. The van der Waals surface area contributed by atoms with E-state index in [1.807, 2.05) is 4.72 Å². The highest BCUT2D eigenvalue weighted by Gasteiger charge is 2.30. The fourth-order valence-corrected chi connectivity index (χ4v) is 3.88. The Morgan fingerprint density at radius 2 is 1.67 bits per heavy atom. The second kappa shape index (κ2) is 8.24. The standard InChI is InChI=1S/C17H17N5O7S/c1-27-11-8-12(28-2)20-16(19-11)21-17(24)22-30(25,26)14-9-6-4-5-7-10(9)18-13(14)15(23)29-3/h4-8,18H,1-3H3,(H2,19,20,21,22,24). The maximum absolute atomic E-state index is 12.9. The summed E-state index contributed by atoms with van der Waals surface area (Å²) in [7, 11) is -0.686. The lowest BCUT2D eigenvalue weighted by Crippen LogP contribution is -2.35. The Balaban J connectivity index is 1.94. The first-order valence-corrected chi connectivity index (χ1v) is 9.77. The Labute approximate surface area is 170 Å². The molecule has 158 valence electrons. The molecule has 0 spiro atoms. The van der Waals surface area contributed by atoms with Crippen LogP contribution in [0.4, 0.5) is 10.7 Å². The van der Waals surface area contributed by atoms with Gasteiger partial charge in [0.15, 0.2) is 0 Å². The predicted octanol–water partition coefficient (Wildman–Crippen LogP) is 1.27. The number of anilines is 1. The molecule has 0 fully saturated rings. The van der Waals surface area contributed by atoms with Crippen LogP contribution in [0.25, 0.3) is 10.9 Å². The molecule has 0 aliphatic rings. The Morgan fingerprint density at radius 1 is 1.03 bits per heavy atom. The van der Waals surface area contributed by atoms with Crippen LogP contribution in [0.15, 0.2) is 35.2 Å². The number of sulfonamides is 1. The molecule has 0 saturated heterocycles. The van der Waals surface area contributed by atoms with E-state index in [2.05, 4.69) is 25.0 Å². The van der Waals surface area contributed by atoms with E-state index in [4.69, 9.17) is 9.47 Å². The number of ether oxygens (including phenoxy) is 3. The predicted molar refractivity (Wildman–Crippen MR) is 104 cm³/mol. The molecule has 3 rings (SSSR count). The van der Waals surface area contributed by atoms with Crippen LogP contribution in [0.2, 0.25) is 0 Å². The van der Waals surface area contributed by atoms with Gasteiger partial charge in [-0.25, -0.2) is 22.7 Å². The van der Waals surface area contributed by atoms with Crippen LogP contribution in [0, 0.1) is 0 Å². The van der Waals surface area contributed by atoms with Gasteiger partial charge in [-0.1, -0.05) is 18.2 Å². The molecule has 13 heteroatoms. The fourth-order valence-electron chi connectivity index (χ4n) is 2.61. The topological polar surface area (TPSA) is 162 Å². The van der Waals surface area contributed by atoms with E-state index in [9.17, 15) is 18.0 Å². The number of carbonyl (C=O) groups excluding carboxylic acids is 2. The normalized spacial score (nSPS) is 11.0. The molecule has 30 heavy (non-hydrogen) atoms. The van der Waals surface area contributed by atoms with E-state index in [0.717, 1.165) is 7.11 Å². The van der Waals surface area contributed by atoms with E-state index in [-0.39, 0.29) is 28.8 Å². The summed E-state index contributed by atoms with van der Waals surface area (Å²) in [6, 6.07) is 6.52. The largest absolute Gasteiger partial charge is 0.481 e. The lowest BCUT2D eigenvalue weighted by atomic mass is 10.2. The van der Waals surface area contributed by atoms with Crippen molar-refractivity contribution in [3.05, 3.63) is 36.0 Å². The van der Waals surface area contributed by atoms with Gasteiger partial charge in [0.1, 0.15) is 10.6 Å². The maximum Gasteiger partial charge on any atom is 0.355 e. The van der Waals surface area contributed by atoms with Crippen molar-refractivity contribution in [2.75, 3.05) is 26.6 Å². The SMILES string of the molecule is COC(=O)c1[nH]c2ccccc2c1S(=O)(=O)NC(=O)Nc1nc(OC)cc(OC)n1. The van der Waals surface area contributed by atoms with Crippen LogP contribution in [0.5, 0.6) is 11.8 Å².